The number of hydrogen-bond donors (Lipinski definition) is 2. The highest BCUT2D eigenvalue weighted by molar-refractivity contribution is 7.99. The molecule has 1 aromatic carbocycles. The Morgan fingerprint density at radius 2 is 2.17 bits per heavy atom. The highest BCUT2D eigenvalue weighted by Crippen LogP contribution is 2.28. The van der Waals surface area contributed by atoms with Crippen LogP contribution in [0.4, 0.5) is 5.69 Å². The monoisotopic (exact) mass is 334 g/mol. The summed E-state index contributed by atoms with van der Waals surface area (Å²) in [5, 5.41) is 14.1. The fraction of sp³-hybridized carbons (Fsp3) is 0.611. The van der Waals surface area contributed by atoms with E-state index in [-0.39, 0.29) is 11.9 Å². The number of anilines is 1. The molecule has 3 rings (SSSR count). The Balaban J connectivity index is 1.63. The van der Waals surface area contributed by atoms with Crippen molar-refractivity contribution in [2.45, 2.75) is 44.2 Å². The molecule has 1 unspecified atom stereocenters. The summed E-state index contributed by atoms with van der Waals surface area (Å²) in [6, 6.07) is 8.36. The van der Waals surface area contributed by atoms with Crippen molar-refractivity contribution in [1.29, 1.82) is 0 Å². The average Bonchev–Trinajstić information content (AvgIpc) is 3.00. The molecule has 1 aromatic rings. The summed E-state index contributed by atoms with van der Waals surface area (Å²) < 4.78 is 0. The molecule has 0 aromatic heterocycles. The maximum absolute atomic E-state index is 11.9. The van der Waals surface area contributed by atoms with Crippen LogP contribution >= 0.6 is 11.8 Å². The van der Waals surface area contributed by atoms with Crippen molar-refractivity contribution in [3.8, 4) is 0 Å². The van der Waals surface area contributed by atoms with Crippen LogP contribution in [-0.4, -0.2) is 41.2 Å². The first kappa shape index (κ1) is 16.8. The van der Waals surface area contributed by atoms with Crippen molar-refractivity contribution in [2.75, 3.05) is 29.5 Å². The van der Waals surface area contributed by atoms with Crippen LogP contribution in [0, 0.1) is 0 Å². The topological polar surface area (TPSA) is 52.6 Å². The molecule has 2 N–H and O–H groups in total. The number of rotatable bonds is 5. The van der Waals surface area contributed by atoms with Gasteiger partial charge in [-0.25, -0.2) is 0 Å². The minimum atomic E-state index is -0.567. The Bertz CT molecular complexity index is 558. The molecule has 4 nitrogen and oxygen atoms in total. The molecule has 0 aliphatic carbocycles. The van der Waals surface area contributed by atoms with Crippen LogP contribution in [0.15, 0.2) is 24.3 Å². The summed E-state index contributed by atoms with van der Waals surface area (Å²) >= 11 is 1.92. The molecule has 2 aliphatic heterocycles. The van der Waals surface area contributed by atoms with Gasteiger partial charge in [-0.2, -0.15) is 11.8 Å². The summed E-state index contributed by atoms with van der Waals surface area (Å²) in [7, 11) is 0. The van der Waals surface area contributed by atoms with E-state index in [1.165, 1.54) is 0 Å². The second-order valence-electron chi connectivity index (χ2n) is 6.68. The Morgan fingerprint density at radius 3 is 2.87 bits per heavy atom. The van der Waals surface area contributed by atoms with Gasteiger partial charge in [0.25, 0.3) is 0 Å². The molecule has 0 spiro atoms. The molecular weight excluding hydrogens is 308 g/mol. The van der Waals surface area contributed by atoms with E-state index >= 15 is 0 Å². The van der Waals surface area contributed by atoms with Crippen molar-refractivity contribution in [3.63, 3.8) is 0 Å². The molecule has 2 heterocycles. The van der Waals surface area contributed by atoms with Gasteiger partial charge in [-0.1, -0.05) is 12.1 Å². The van der Waals surface area contributed by atoms with Gasteiger partial charge in [-0.05, 0) is 55.4 Å². The zero-order valence-corrected chi connectivity index (χ0v) is 14.6. The molecule has 2 saturated heterocycles. The van der Waals surface area contributed by atoms with E-state index < -0.39 is 5.60 Å². The normalized spacial score (nSPS) is 22.3. The standard InChI is InChI=1S/C18H26N2O2S/c1-14(19-13-18(22)7-10-23-11-8-18)15-4-2-5-16(12-15)20-9-3-6-17(20)21/h2,4-5,12,14,19,22H,3,6-11,13H2,1H3. The van der Waals surface area contributed by atoms with Crippen molar-refractivity contribution in [1.82, 2.24) is 5.32 Å². The second kappa shape index (κ2) is 7.24. The lowest BCUT2D eigenvalue weighted by molar-refractivity contribution is -0.117. The average molecular weight is 334 g/mol. The molecule has 5 heteroatoms. The Morgan fingerprint density at radius 1 is 1.39 bits per heavy atom. The maximum atomic E-state index is 11.9. The third-order valence-corrected chi connectivity index (χ3v) is 5.90. The fourth-order valence-electron chi connectivity index (χ4n) is 3.27. The number of thioether (sulfide) groups is 1. The van der Waals surface area contributed by atoms with Crippen molar-refractivity contribution >= 4 is 23.4 Å². The van der Waals surface area contributed by atoms with E-state index in [1.807, 2.05) is 28.8 Å². The molecule has 0 radical (unpaired) electrons. The van der Waals surface area contributed by atoms with Gasteiger partial charge in [0.1, 0.15) is 0 Å². The lowest BCUT2D eigenvalue weighted by Crippen LogP contribution is -2.44. The van der Waals surface area contributed by atoms with E-state index in [0.29, 0.717) is 13.0 Å². The number of carbonyl (C=O) groups is 1. The van der Waals surface area contributed by atoms with E-state index in [2.05, 4.69) is 24.4 Å². The minimum absolute atomic E-state index is 0.159. The molecule has 2 fully saturated rings. The van der Waals surface area contributed by atoms with Crippen molar-refractivity contribution in [3.05, 3.63) is 29.8 Å². The number of nitrogens with one attached hydrogen (secondary N) is 1. The van der Waals surface area contributed by atoms with Gasteiger partial charge in [0.05, 0.1) is 5.60 Å². The number of hydrogen-bond acceptors (Lipinski definition) is 4. The van der Waals surface area contributed by atoms with Gasteiger partial charge in [-0.15, -0.1) is 0 Å². The van der Waals surface area contributed by atoms with Gasteiger partial charge in [0, 0.05) is 31.2 Å². The van der Waals surface area contributed by atoms with Crippen LogP contribution in [0.5, 0.6) is 0 Å². The van der Waals surface area contributed by atoms with Gasteiger partial charge in [0.2, 0.25) is 5.91 Å². The first-order valence-corrected chi connectivity index (χ1v) is 9.67. The predicted octanol–water partition coefficient (Wildman–Crippen LogP) is 2.72. The van der Waals surface area contributed by atoms with Crippen molar-refractivity contribution in [2.24, 2.45) is 0 Å². The van der Waals surface area contributed by atoms with E-state index in [1.54, 1.807) is 0 Å². The molecule has 1 amide bonds. The van der Waals surface area contributed by atoms with E-state index in [9.17, 15) is 9.90 Å². The molecule has 0 saturated carbocycles. The number of carbonyl (C=O) groups excluding carboxylic acids is 1. The molecule has 126 valence electrons. The van der Waals surface area contributed by atoms with Crippen LogP contribution in [0.2, 0.25) is 0 Å². The predicted molar refractivity (Wildman–Crippen MR) is 96.0 cm³/mol. The second-order valence-corrected chi connectivity index (χ2v) is 7.91. The summed E-state index contributed by atoms with van der Waals surface area (Å²) in [4.78, 5) is 13.8. The first-order valence-electron chi connectivity index (χ1n) is 8.51. The lowest BCUT2D eigenvalue weighted by atomic mass is 9.96. The van der Waals surface area contributed by atoms with E-state index in [4.69, 9.17) is 0 Å². The summed E-state index contributed by atoms with van der Waals surface area (Å²) in [6.45, 7) is 3.56. The van der Waals surface area contributed by atoms with E-state index in [0.717, 1.165) is 48.6 Å². The third-order valence-electron chi connectivity index (χ3n) is 4.92. The highest BCUT2D eigenvalue weighted by Gasteiger charge is 2.29. The quantitative estimate of drug-likeness (QED) is 0.869. The Labute approximate surface area is 142 Å². The van der Waals surface area contributed by atoms with Crippen LogP contribution < -0.4 is 10.2 Å². The SMILES string of the molecule is CC(NCC1(O)CCSCC1)c1cccc(N2CCCC2=O)c1. The molecule has 0 bridgehead atoms. The minimum Gasteiger partial charge on any atom is -0.389 e. The number of benzene rings is 1. The summed E-state index contributed by atoms with van der Waals surface area (Å²) in [5.74, 6) is 2.30. The first-order chi connectivity index (χ1) is 11.1. The zero-order valence-electron chi connectivity index (χ0n) is 13.8. The number of aliphatic hydroxyl groups is 1. The largest absolute Gasteiger partial charge is 0.389 e. The fourth-order valence-corrected chi connectivity index (χ4v) is 4.52. The zero-order chi connectivity index (χ0) is 16.3. The number of amides is 1. The Kier molecular flexibility index (Phi) is 5.29. The Hall–Kier alpha value is -1.04. The molecule has 23 heavy (non-hydrogen) atoms. The van der Waals surface area contributed by atoms with Gasteiger partial charge >= 0.3 is 0 Å². The molecule has 1 atom stereocenters. The smallest absolute Gasteiger partial charge is 0.227 e. The third kappa shape index (κ3) is 4.08. The molecular formula is C18H26N2O2S. The van der Waals surface area contributed by atoms with Crippen LogP contribution in [0.3, 0.4) is 0 Å². The van der Waals surface area contributed by atoms with Crippen LogP contribution in [-0.2, 0) is 4.79 Å². The maximum Gasteiger partial charge on any atom is 0.227 e. The van der Waals surface area contributed by atoms with Crippen LogP contribution in [0.25, 0.3) is 0 Å². The van der Waals surface area contributed by atoms with Crippen molar-refractivity contribution < 1.29 is 9.90 Å². The van der Waals surface area contributed by atoms with Gasteiger partial charge < -0.3 is 15.3 Å². The van der Waals surface area contributed by atoms with Gasteiger partial charge in [0.15, 0.2) is 0 Å². The molecule has 2 aliphatic rings. The van der Waals surface area contributed by atoms with Crippen LogP contribution in [0.1, 0.15) is 44.2 Å². The summed E-state index contributed by atoms with van der Waals surface area (Å²) in [6.07, 6.45) is 3.32. The summed E-state index contributed by atoms with van der Waals surface area (Å²) in [5.41, 5.74) is 1.59. The van der Waals surface area contributed by atoms with Gasteiger partial charge in [-0.3, -0.25) is 4.79 Å². The highest BCUT2D eigenvalue weighted by atomic mass is 32.2. The lowest BCUT2D eigenvalue weighted by Gasteiger charge is -2.33. The number of nitrogens with zero attached hydrogens (tertiary/aromatic N) is 1.